The van der Waals surface area contributed by atoms with Gasteiger partial charge < -0.3 is 5.73 Å². The highest BCUT2D eigenvalue weighted by Crippen LogP contribution is 2.69. The molecule has 172 valence electrons. The fourth-order valence-electron chi connectivity index (χ4n) is 5.20. The van der Waals surface area contributed by atoms with E-state index in [0.717, 1.165) is 6.20 Å². The van der Waals surface area contributed by atoms with E-state index in [9.17, 15) is 21.6 Å². The monoisotopic (exact) mass is 476 g/mol. The summed E-state index contributed by atoms with van der Waals surface area (Å²) in [6.07, 6.45) is -0.269. The van der Waals surface area contributed by atoms with Crippen molar-refractivity contribution in [3.05, 3.63) is 41.9 Å². The number of nitriles is 1. The van der Waals surface area contributed by atoms with Gasteiger partial charge in [0.15, 0.2) is 17.2 Å². The Kier molecular flexibility index (Phi) is 4.38. The second kappa shape index (κ2) is 6.68. The number of aromatic nitrogens is 3. The first-order valence-corrected chi connectivity index (χ1v) is 11.6. The number of nitrogens with zero attached hydrogens (tertiary/aromatic N) is 4. The van der Waals surface area contributed by atoms with Crippen LogP contribution in [0.2, 0.25) is 0 Å². The molecule has 0 radical (unpaired) electrons. The number of fused-ring (bicyclic) bond motifs is 1. The van der Waals surface area contributed by atoms with Gasteiger partial charge in [-0.2, -0.15) is 18.4 Å². The summed E-state index contributed by atoms with van der Waals surface area (Å²) in [6, 6.07) is 6.62. The summed E-state index contributed by atoms with van der Waals surface area (Å²) < 4.78 is 69.9. The molecule has 0 atom stereocenters. The summed E-state index contributed by atoms with van der Waals surface area (Å²) in [4.78, 5) is 7.46. The van der Waals surface area contributed by atoms with E-state index in [1.807, 2.05) is 0 Å². The molecule has 2 heterocycles. The quantitative estimate of drug-likeness (QED) is 0.581. The van der Waals surface area contributed by atoms with Crippen LogP contribution in [0.3, 0.4) is 0 Å². The molecule has 3 aliphatic carbocycles. The molecule has 8 nitrogen and oxygen atoms in total. The molecule has 2 bridgehead atoms. The van der Waals surface area contributed by atoms with E-state index in [2.05, 4.69) is 20.8 Å². The van der Waals surface area contributed by atoms with Crippen molar-refractivity contribution in [2.45, 2.75) is 49.2 Å². The third-order valence-electron chi connectivity index (χ3n) is 6.55. The van der Waals surface area contributed by atoms with Crippen LogP contribution in [0.1, 0.15) is 36.9 Å². The van der Waals surface area contributed by atoms with Gasteiger partial charge in [0.1, 0.15) is 0 Å². The highest BCUT2D eigenvalue weighted by Gasteiger charge is 2.68. The number of sulfonamides is 1. The minimum absolute atomic E-state index is 0.00446. The molecule has 6 rings (SSSR count). The van der Waals surface area contributed by atoms with E-state index in [1.54, 1.807) is 13.0 Å². The van der Waals surface area contributed by atoms with Crippen LogP contribution < -0.4 is 10.5 Å². The largest absolute Gasteiger partial charge is 0.434 e. The summed E-state index contributed by atoms with van der Waals surface area (Å²) in [7, 11) is -3.89. The van der Waals surface area contributed by atoms with Gasteiger partial charge in [0.05, 0.1) is 22.9 Å². The first kappa shape index (κ1) is 21.7. The van der Waals surface area contributed by atoms with Gasteiger partial charge in [0.25, 0.3) is 0 Å². The Hall–Kier alpha value is -3.17. The first-order valence-electron chi connectivity index (χ1n) is 10.1. The van der Waals surface area contributed by atoms with Gasteiger partial charge in [-0.25, -0.2) is 23.1 Å². The zero-order valence-electron chi connectivity index (χ0n) is 17.4. The molecule has 0 unspecified atom stereocenters. The van der Waals surface area contributed by atoms with Crippen LogP contribution >= 0.6 is 0 Å². The molecule has 12 heteroatoms. The fraction of sp³-hybridized carbons (Fsp3) is 0.381. The number of nitrogen functional groups attached to an aromatic ring is 1. The number of anilines is 1. The molecule has 3 aromatic rings. The Morgan fingerprint density at radius 2 is 2.00 bits per heavy atom. The third-order valence-corrected chi connectivity index (χ3v) is 8.13. The molecule has 3 saturated carbocycles. The highest BCUT2D eigenvalue weighted by atomic mass is 32.2. The van der Waals surface area contributed by atoms with E-state index in [-0.39, 0.29) is 27.5 Å². The standard InChI is InChI=1S/C21H19F3N6O2S/c1-12-2-3-13(33(31,32)29-20-9-19(10-20,11-20)4-5-25)6-14(12)15-7-27-18-17(26)28-16(8-30(15)18)21(22,23)24/h2-3,6-8,29H,4,9-11H2,1H3,(H2,26,28). The van der Waals surface area contributed by atoms with Crippen LogP contribution in [0.15, 0.2) is 35.5 Å². The molecule has 0 spiro atoms. The van der Waals surface area contributed by atoms with Gasteiger partial charge >= 0.3 is 6.18 Å². The first-order chi connectivity index (χ1) is 15.4. The highest BCUT2D eigenvalue weighted by molar-refractivity contribution is 7.89. The van der Waals surface area contributed by atoms with Crippen molar-refractivity contribution in [3.63, 3.8) is 0 Å². The Labute approximate surface area is 187 Å². The molecule has 0 saturated heterocycles. The maximum absolute atomic E-state index is 13.3. The van der Waals surface area contributed by atoms with Gasteiger partial charge in [-0.05, 0) is 49.3 Å². The SMILES string of the molecule is Cc1ccc(S(=O)(=O)NC23CC(CC#N)(C2)C3)cc1-c1cnc2c(N)nc(C(F)(F)F)cn12. The van der Waals surface area contributed by atoms with Crippen molar-refractivity contribution >= 4 is 21.5 Å². The van der Waals surface area contributed by atoms with E-state index < -0.39 is 27.4 Å². The van der Waals surface area contributed by atoms with Crippen LogP contribution in [0.25, 0.3) is 16.9 Å². The smallest absolute Gasteiger partial charge is 0.381 e. The van der Waals surface area contributed by atoms with Crippen LogP contribution in [-0.2, 0) is 16.2 Å². The van der Waals surface area contributed by atoms with Gasteiger partial charge in [0.2, 0.25) is 10.0 Å². The molecule has 3 fully saturated rings. The maximum Gasteiger partial charge on any atom is 0.434 e. The Balaban J connectivity index is 1.52. The van der Waals surface area contributed by atoms with Crippen molar-refractivity contribution in [1.82, 2.24) is 19.1 Å². The fourth-order valence-corrected chi connectivity index (χ4v) is 6.62. The second-order valence-electron chi connectivity index (χ2n) is 9.07. The number of hydrogen-bond acceptors (Lipinski definition) is 6. The predicted octanol–water partition coefficient (Wildman–Crippen LogP) is 3.42. The number of halogens is 3. The lowest BCUT2D eigenvalue weighted by Gasteiger charge is -2.69. The molecule has 0 amide bonds. The molecule has 2 aromatic heterocycles. The Bertz CT molecular complexity index is 1440. The summed E-state index contributed by atoms with van der Waals surface area (Å²) in [5.41, 5.74) is 5.28. The molecule has 33 heavy (non-hydrogen) atoms. The van der Waals surface area contributed by atoms with Crippen molar-refractivity contribution in [2.75, 3.05) is 5.73 Å². The summed E-state index contributed by atoms with van der Waals surface area (Å²) in [5.74, 6) is -0.380. The topological polar surface area (TPSA) is 126 Å². The summed E-state index contributed by atoms with van der Waals surface area (Å²) in [6.45, 7) is 1.72. The lowest BCUT2D eigenvalue weighted by atomic mass is 9.39. The number of alkyl halides is 3. The van der Waals surface area contributed by atoms with Crippen LogP contribution in [0.4, 0.5) is 19.0 Å². The third kappa shape index (κ3) is 3.34. The van der Waals surface area contributed by atoms with Gasteiger partial charge in [-0.15, -0.1) is 0 Å². The van der Waals surface area contributed by atoms with Gasteiger partial charge in [-0.3, -0.25) is 4.40 Å². The molecule has 1 aromatic carbocycles. The number of benzene rings is 1. The number of nitrogens with one attached hydrogen (secondary N) is 1. The van der Waals surface area contributed by atoms with Gasteiger partial charge in [0, 0.05) is 23.7 Å². The number of hydrogen-bond donors (Lipinski definition) is 2. The average molecular weight is 476 g/mol. The molecular weight excluding hydrogens is 457 g/mol. The van der Waals surface area contributed by atoms with Crippen LogP contribution in [0, 0.1) is 23.7 Å². The average Bonchev–Trinajstić information content (AvgIpc) is 3.09. The van der Waals surface area contributed by atoms with E-state index in [4.69, 9.17) is 11.0 Å². The van der Waals surface area contributed by atoms with Crippen molar-refractivity contribution < 1.29 is 21.6 Å². The lowest BCUT2D eigenvalue weighted by molar-refractivity contribution is -0.141. The normalized spacial score (nSPS) is 24.2. The second-order valence-corrected chi connectivity index (χ2v) is 10.8. The van der Waals surface area contributed by atoms with Crippen LogP contribution in [-0.4, -0.2) is 28.3 Å². The lowest BCUT2D eigenvalue weighted by Crippen LogP contribution is -2.74. The Morgan fingerprint density at radius 1 is 1.30 bits per heavy atom. The predicted molar refractivity (Wildman–Crippen MR) is 112 cm³/mol. The molecule has 3 N–H and O–H groups in total. The van der Waals surface area contributed by atoms with E-state index >= 15 is 0 Å². The van der Waals surface area contributed by atoms with E-state index in [1.165, 1.54) is 22.7 Å². The summed E-state index contributed by atoms with van der Waals surface area (Å²) in [5, 5.41) is 8.92. The van der Waals surface area contributed by atoms with Crippen molar-refractivity contribution in [2.24, 2.45) is 5.41 Å². The van der Waals surface area contributed by atoms with Gasteiger partial charge in [-0.1, -0.05) is 6.07 Å². The minimum Gasteiger partial charge on any atom is -0.381 e. The number of nitrogens with two attached hydrogens (primary N) is 1. The van der Waals surface area contributed by atoms with Crippen molar-refractivity contribution in [3.8, 4) is 17.3 Å². The minimum atomic E-state index is -4.71. The zero-order valence-corrected chi connectivity index (χ0v) is 18.3. The number of aryl methyl sites for hydroxylation is 1. The number of rotatable bonds is 5. The zero-order chi connectivity index (χ0) is 23.8. The summed E-state index contributed by atoms with van der Waals surface area (Å²) >= 11 is 0. The Morgan fingerprint density at radius 3 is 2.64 bits per heavy atom. The van der Waals surface area contributed by atoms with Crippen molar-refractivity contribution in [1.29, 1.82) is 5.26 Å². The van der Waals surface area contributed by atoms with Crippen LogP contribution in [0.5, 0.6) is 0 Å². The molecular formula is C21H19F3N6O2S. The maximum atomic E-state index is 13.3. The van der Waals surface area contributed by atoms with E-state index in [0.29, 0.717) is 36.8 Å². The molecule has 3 aliphatic rings. The molecule has 0 aliphatic heterocycles. The number of imidazole rings is 1.